The Hall–Kier alpha value is -0.380. The molecule has 18 heavy (non-hydrogen) atoms. The van der Waals surface area contributed by atoms with Crippen LogP contribution in [0, 0.1) is 0 Å². The fraction of sp³-hybridized carbons (Fsp3) is 0.733. The second-order valence-electron chi connectivity index (χ2n) is 5.39. The van der Waals surface area contributed by atoms with Crippen LogP contribution >= 0.6 is 11.3 Å². The maximum atomic E-state index is 6.01. The number of hydrogen-bond donors (Lipinski definition) is 1. The summed E-state index contributed by atoms with van der Waals surface area (Å²) in [5, 5.41) is 5.86. The van der Waals surface area contributed by atoms with Crippen LogP contribution in [0.4, 0.5) is 0 Å². The van der Waals surface area contributed by atoms with Crippen LogP contribution in [-0.4, -0.2) is 24.8 Å². The Morgan fingerprint density at radius 2 is 2.44 bits per heavy atom. The van der Waals surface area contributed by atoms with Gasteiger partial charge in [-0.05, 0) is 57.0 Å². The van der Waals surface area contributed by atoms with E-state index in [0.717, 1.165) is 19.6 Å². The first kappa shape index (κ1) is 14.0. The number of aryl methyl sites for hydroxylation is 1. The molecule has 2 nitrogen and oxygen atoms in total. The molecular formula is C15H25NOS. The third-order valence-corrected chi connectivity index (χ3v) is 4.82. The first-order chi connectivity index (χ1) is 8.74. The lowest BCUT2D eigenvalue weighted by Crippen LogP contribution is -2.49. The van der Waals surface area contributed by atoms with Crippen molar-refractivity contribution in [2.45, 2.75) is 57.6 Å². The molecule has 0 aliphatic carbocycles. The van der Waals surface area contributed by atoms with Crippen molar-refractivity contribution < 1.29 is 4.74 Å². The predicted molar refractivity (Wildman–Crippen MR) is 78.3 cm³/mol. The second-order valence-corrected chi connectivity index (χ2v) is 6.42. The van der Waals surface area contributed by atoms with Gasteiger partial charge in [0.2, 0.25) is 0 Å². The molecular weight excluding hydrogens is 242 g/mol. The maximum absolute atomic E-state index is 6.01. The molecule has 0 saturated carbocycles. The average Bonchev–Trinajstić information content (AvgIpc) is 3.01. The highest BCUT2D eigenvalue weighted by Gasteiger charge is 2.37. The van der Waals surface area contributed by atoms with Crippen LogP contribution in [0.2, 0.25) is 0 Å². The predicted octanol–water partition coefficient (Wildman–Crippen LogP) is 3.62. The molecule has 0 aromatic carbocycles. The molecule has 2 unspecified atom stereocenters. The van der Waals surface area contributed by atoms with Gasteiger partial charge in [-0.2, -0.15) is 0 Å². The van der Waals surface area contributed by atoms with E-state index in [-0.39, 0.29) is 5.60 Å². The molecule has 0 radical (unpaired) electrons. The largest absolute Gasteiger partial charge is 0.374 e. The van der Waals surface area contributed by atoms with Crippen LogP contribution in [0.5, 0.6) is 0 Å². The number of ether oxygens (including phenoxy) is 1. The van der Waals surface area contributed by atoms with Crippen molar-refractivity contribution in [1.29, 1.82) is 0 Å². The molecule has 1 fully saturated rings. The summed E-state index contributed by atoms with van der Waals surface area (Å²) in [5.74, 6) is 0. The fourth-order valence-corrected chi connectivity index (χ4v) is 3.48. The lowest BCUT2D eigenvalue weighted by molar-refractivity contribution is -0.0136. The Bertz CT molecular complexity index is 330. The topological polar surface area (TPSA) is 21.3 Å². The normalized spacial score (nSPS) is 25.4. The third-order valence-electron chi connectivity index (χ3n) is 3.89. The van der Waals surface area contributed by atoms with Gasteiger partial charge in [-0.3, -0.25) is 0 Å². The summed E-state index contributed by atoms with van der Waals surface area (Å²) in [7, 11) is 0. The van der Waals surface area contributed by atoms with E-state index in [1.807, 2.05) is 11.3 Å². The Labute approximate surface area is 115 Å². The van der Waals surface area contributed by atoms with E-state index in [1.54, 1.807) is 0 Å². The molecule has 3 heteroatoms. The van der Waals surface area contributed by atoms with Gasteiger partial charge >= 0.3 is 0 Å². The van der Waals surface area contributed by atoms with Gasteiger partial charge in [0, 0.05) is 17.5 Å². The molecule has 1 aromatic rings. The van der Waals surface area contributed by atoms with E-state index >= 15 is 0 Å². The van der Waals surface area contributed by atoms with Gasteiger partial charge in [0.15, 0.2) is 0 Å². The van der Waals surface area contributed by atoms with E-state index < -0.39 is 0 Å². The van der Waals surface area contributed by atoms with Gasteiger partial charge in [-0.1, -0.05) is 13.0 Å². The molecule has 102 valence electrons. The molecule has 1 aliphatic heterocycles. The van der Waals surface area contributed by atoms with E-state index in [1.165, 1.54) is 30.6 Å². The van der Waals surface area contributed by atoms with Crippen molar-refractivity contribution in [3.8, 4) is 0 Å². The zero-order valence-corrected chi connectivity index (χ0v) is 12.4. The van der Waals surface area contributed by atoms with Gasteiger partial charge in [-0.25, -0.2) is 0 Å². The fourth-order valence-electron chi connectivity index (χ4n) is 2.76. The van der Waals surface area contributed by atoms with Crippen molar-refractivity contribution in [3.63, 3.8) is 0 Å². The molecule has 1 saturated heterocycles. The van der Waals surface area contributed by atoms with Crippen LogP contribution in [0.25, 0.3) is 0 Å². The summed E-state index contributed by atoms with van der Waals surface area (Å²) in [5.41, 5.74) is 0.0480. The number of hydrogen-bond acceptors (Lipinski definition) is 3. The highest BCUT2D eigenvalue weighted by molar-refractivity contribution is 7.09. The van der Waals surface area contributed by atoms with Crippen LogP contribution in [0.1, 0.15) is 44.4 Å². The summed E-state index contributed by atoms with van der Waals surface area (Å²) >= 11 is 1.86. The number of nitrogens with one attached hydrogen (secondary N) is 1. The van der Waals surface area contributed by atoms with Crippen molar-refractivity contribution in [2.75, 3.05) is 13.2 Å². The van der Waals surface area contributed by atoms with Gasteiger partial charge in [-0.15, -0.1) is 11.3 Å². The summed E-state index contributed by atoms with van der Waals surface area (Å²) in [4.78, 5) is 1.49. The first-order valence-electron chi connectivity index (χ1n) is 7.14. The lowest BCUT2D eigenvalue weighted by Gasteiger charge is -2.34. The zero-order valence-electron chi connectivity index (χ0n) is 11.6. The van der Waals surface area contributed by atoms with Crippen LogP contribution in [0.15, 0.2) is 17.5 Å². The molecule has 1 N–H and O–H groups in total. The Balaban J connectivity index is 1.91. The molecule has 0 bridgehead atoms. The minimum Gasteiger partial charge on any atom is -0.374 e. The third kappa shape index (κ3) is 3.56. The standard InChI is InChI=1S/C15H25NOS/c1-3-10-16-14(15(2)9-5-11-17-15)8-7-13-6-4-12-18-13/h4,6,12,14,16H,3,5,7-11H2,1-2H3. The lowest BCUT2D eigenvalue weighted by atomic mass is 9.89. The van der Waals surface area contributed by atoms with Crippen LogP contribution < -0.4 is 5.32 Å². The van der Waals surface area contributed by atoms with E-state index in [9.17, 15) is 0 Å². The Morgan fingerprint density at radius 3 is 3.06 bits per heavy atom. The minimum atomic E-state index is 0.0480. The molecule has 1 aliphatic rings. The first-order valence-corrected chi connectivity index (χ1v) is 8.02. The minimum absolute atomic E-state index is 0.0480. The van der Waals surface area contributed by atoms with Crippen LogP contribution in [-0.2, 0) is 11.2 Å². The quantitative estimate of drug-likeness (QED) is 0.814. The number of thiophene rings is 1. The maximum Gasteiger partial charge on any atom is 0.0807 e. The van der Waals surface area contributed by atoms with Crippen molar-refractivity contribution in [1.82, 2.24) is 5.32 Å². The van der Waals surface area contributed by atoms with E-state index in [4.69, 9.17) is 4.74 Å². The van der Waals surface area contributed by atoms with Gasteiger partial charge in [0.25, 0.3) is 0 Å². The van der Waals surface area contributed by atoms with Gasteiger partial charge in [0.1, 0.15) is 0 Å². The summed E-state index contributed by atoms with van der Waals surface area (Å²) in [6.07, 6.45) is 5.93. The smallest absolute Gasteiger partial charge is 0.0807 e. The van der Waals surface area contributed by atoms with Gasteiger partial charge in [0.05, 0.1) is 5.60 Å². The molecule has 1 aromatic heterocycles. The van der Waals surface area contributed by atoms with Gasteiger partial charge < -0.3 is 10.1 Å². The van der Waals surface area contributed by atoms with Crippen molar-refractivity contribution in [3.05, 3.63) is 22.4 Å². The molecule has 0 amide bonds. The summed E-state index contributed by atoms with van der Waals surface area (Å²) < 4.78 is 6.01. The number of rotatable bonds is 7. The molecule has 2 rings (SSSR count). The summed E-state index contributed by atoms with van der Waals surface area (Å²) in [6, 6.07) is 4.86. The van der Waals surface area contributed by atoms with Crippen molar-refractivity contribution >= 4 is 11.3 Å². The highest BCUT2D eigenvalue weighted by Crippen LogP contribution is 2.31. The van der Waals surface area contributed by atoms with E-state index in [0.29, 0.717) is 6.04 Å². The molecule has 0 spiro atoms. The SMILES string of the molecule is CCCNC(CCc1cccs1)C1(C)CCCO1. The molecule has 2 atom stereocenters. The Morgan fingerprint density at radius 1 is 1.56 bits per heavy atom. The Kier molecular flexibility index (Phi) is 5.22. The monoisotopic (exact) mass is 267 g/mol. The zero-order chi connectivity index (χ0) is 12.8. The average molecular weight is 267 g/mol. The van der Waals surface area contributed by atoms with Crippen LogP contribution in [0.3, 0.4) is 0 Å². The highest BCUT2D eigenvalue weighted by atomic mass is 32.1. The second kappa shape index (κ2) is 6.69. The van der Waals surface area contributed by atoms with Crippen molar-refractivity contribution in [2.24, 2.45) is 0 Å². The molecule has 2 heterocycles. The summed E-state index contributed by atoms with van der Waals surface area (Å²) in [6.45, 7) is 6.52. The van der Waals surface area contributed by atoms with E-state index in [2.05, 4.69) is 36.7 Å².